The Morgan fingerprint density at radius 3 is 2.86 bits per heavy atom. The molecule has 0 bridgehead atoms. The Bertz CT molecular complexity index is 1640. The number of nitrogens with zero attached hydrogens (tertiary/aromatic N) is 4. The number of benzene rings is 2. The summed E-state index contributed by atoms with van der Waals surface area (Å²) < 4.78 is 27.4. The molecule has 6 rings (SSSR count). The highest BCUT2D eigenvalue weighted by molar-refractivity contribution is 5.92. The fourth-order valence-corrected chi connectivity index (χ4v) is 6.24. The molecule has 2 saturated heterocycles. The normalized spacial score (nSPS) is 25.7. The average molecular weight is 573 g/mol. The minimum absolute atomic E-state index is 0.100. The number of aliphatic hydroxyl groups is 1. The first-order chi connectivity index (χ1) is 20.1. The van der Waals surface area contributed by atoms with Gasteiger partial charge in [-0.3, -0.25) is 4.90 Å². The van der Waals surface area contributed by atoms with E-state index in [4.69, 9.17) is 19.7 Å². The zero-order valence-electron chi connectivity index (χ0n) is 23.4. The summed E-state index contributed by atoms with van der Waals surface area (Å²) in [4.78, 5) is 18.8. The van der Waals surface area contributed by atoms with Crippen molar-refractivity contribution in [1.82, 2.24) is 14.5 Å². The third-order valence-electron chi connectivity index (χ3n) is 8.77. The number of imidazole rings is 1. The minimum atomic E-state index is -1.28. The SMILES string of the molecule is CC1([C@@H]2CCN(Cc3nc4ccc(C(=O)O)cc4n3C[C@@]3(O)CCO3)C2)C=C(COc2ccc(C#N)cc2F)C=CC1. The third kappa shape index (κ3) is 5.55. The van der Waals surface area contributed by atoms with Gasteiger partial charge in [0.1, 0.15) is 12.4 Å². The molecule has 3 atom stereocenters. The first-order valence-corrected chi connectivity index (χ1v) is 14.2. The first kappa shape index (κ1) is 28.1. The Balaban J connectivity index is 1.16. The predicted molar refractivity (Wildman–Crippen MR) is 152 cm³/mol. The van der Waals surface area contributed by atoms with E-state index in [1.54, 1.807) is 24.3 Å². The maximum absolute atomic E-state index is 14.3. The minimum Gasteiger partial charge on any atom is -0.486 e. The molecule has 2 aliphatic heterocycles. The van der Waals surface area contributed by atoms with Gasteiger partial charge < -0.3 is 24.3 Å². The second-order valence-corrected chi connectivity index (χ2v) is 11.8. The molecule has 0 radical (unpaired) electrons. The van der Waals surface area contributed by atoms with Gasteiger partial charge in [0.25, 0.3) is 0 Å². The number of rotatable bonds is 9. The number of carboxylic acid groups (broad SMARTS) is 1. The zero-order valence-corrected chi connectivity index (χ0v) is 23.4. The van der Waals surface area contributed by atoms with E-state index in [0.717, 1.165) is 37.3 Å². The van der Waals surface area contributed by atoms with Crippen LogP contribution in [0.2, 0.25) is 0 Å². The second-order valence-electron chi connectivity index (χ2n) is 11.8. The predicted octanol–water partition coefficient (Wildman–Crippen LogP) is 4.65. The summed E-state index contributed by atoms with van der Waals surface area (Å²) in [7, 11) is 0. The lowest BCUT2D eigenvalue weighted by Crippen LogP contribution is -2.47. The fraction of sp³-hybridized carbons (Fsp3) is 0.406. The van der Waals surface area contributed by atoms with E-state index in [1.165, 1.54) is 12.1 Å². The molecule has 2 N–H and O–H groups in total. The van der Waals surface area contributed by atoms with Gasteiger partial charge in [-0.2, -0.15) is 5.26 Å². The number of allylic oxidation sites excluding steroid dienone is 2. The molecule has 1 aromatic heterocycles. The topological polar surface area (TPSA) is 121 Å². The van der Waals surface area contributed by atoms with Gasteiger partial charge in [0, 0.05) is 13.0 Å². The molecule has 3 heterocycles. The van der Waals surface area contributed by atoms with Gasteiger partial charge in [0.15, 0.2) is 17.4 Å². The van der Waals surface area contributed by atoms with Crippen molar-refractivity contribution in [3.63, 3.8) is 0 Å². The Morgan fingerprint density at radius 1 is 1.31 bits per heavy atom. The number of ether oxygens (including phenoxy) is 2. The Labute approximate surface area is 243 Å². The van der Waals surface area contributed by atoms with E-state index in [9.17, 15) is 19.4 Å². The van der Waals surface area contributed by atoms with Crippen molar-refractivity contribution < 1.29 is 28.9 Å². The number of carboxylic acids is 1. The average Bonchev–Trinajstić information content (AvgIpc) is 3.56. The van der Waals surface area contributed by atoms with Gasteiger partial charge in [0.05, 0.1) is 47.9 Å². The van der Waals surface area contributed by atoms with Crippen LogP contribution in [0.25, 0.3) is 11.0 Å². The molecule has 218 valence electrons. The summed E-state index contributed by atoms with van der Waals surface area (Å²) in [6, 6.07) is 11.0. The molecule has 0 amide bonds. The quantitative estimate of drug-likeness (QED) is 0.380. The highest BCUT2D eigenvalue weighted by Gasteiger charge is 2.40. The van der Waals surface area contributed by atoms with Crippen LogP contribution in [0.5, 0.6) is 5.75 Å². The van der Waals surface area contributed by atoms with Crippen LogP contribution < -0.4 is 4.74 Å². The summed E-state index contributed by atoms with van der Waals surface area (Å²) in [5.41, 5.74) is 2.66. The van der Waals surface area contributed by atoms with Gasteiger partial charge in [-0.25, -0.2) is 14.2 Å². The van der Waals surface area contributed by atoms with Gasteiger partial charge in [-0.05, 0) is 72.7 Å². The summed E-state index contributed by atoms with van der Waals surface area (Å²) in [6.45, 7) is 5.45. The zero-order chi connectivity index (χ0) is 29.5. The van der Waals surface area contributed by atoms with Gasteiger partial charge in [-0.1, -0.05) is 25.2 Å². The van der Waals surface area contributed by atoms with E-state index >= 15 is 0 Å². The lowest BCUT2D eigenvalue weighted by molar-refractivity contribution is -0.288. The summed E-state index contributed by atoms with van der Waals surface area (Å²) in [6.07, 6.45) is 8.82. The second kappa shape index (κ2) is 11.0. The number of nitriles is 1. The molecule has 2 aromatic carbocycles. The van der Waals surface area contributed by atoms with Crippen LogP contribution >= 0.6 is 0 Å². The number of hydrogen-bond donors (Lipinski definition) is 2. The van der Waals surface area contributed by atoms with Crippen LogP contribution in [0.3, 0.4) is 0 Å². The molecule has 3 aliphatic rings. The highest BCUT2D eigenvalue weighted by atomic mass is 19.1. The van der Waals surface area contributed by atoms with Crippen LogP contribution in [0.15, 0.2) is 60.2 Å². The first-order valence-electron chi connectivity index (χ1n) is 14.2. The lowest BCUT2D eigenvalue weighted by atomic mass is 9.71. The molecule has 0 spiro atoms. The van der Waals surface area contributed by atoms with Gasteiger partial charge >= 0.3 is 5.97 Å². The number of halogens is 1. The standard InChI is InChI=1S/C32H33FN4O5/c1-31(9-2-3-22(15-31)19-41-28-7-4-21(16-34)13-25(28)33)24-8-11-36(17-24)18-29-35-26-6-5-23(30(38)39)14-27(26)37(29)20-32(40)10-12-42-32/h2-7,13-15,24,40H,8-12,17-20H2,1H3,(H,38,39)/t24-,31?,32-/m1/s1. The van der Waals surface area contributed by atoms with E-state index in [1.807, 2.05) is 16.7 Å². The van der Waals surface area contributed by atoms with Crippen LogP contribution in [0.1, 0.15) is 47.9 Å². The van der Waals surface area contributed by atoms with Crippen molar-refractivity contribution >= 4 is 17.0 Å². The third-order valence-corrected chi connectivity index (χ3v) is 8.77. The number of hydrogen-bond acceptors (Lipinski definition) is 7. The Hall–Kier alpha value is -4.04. The van der Waals surface area contributed by atoms with E-state index < -0.39 is 17.6 Å². The number of aromatic carboxylic acids is 1. The van der Waals surface area contributed by atoms with Crippen LogP contribution in [0, 0.1) is 28.5 Å². The molecule has 1 aliphatic carbocycles. The molecular weight excluding hydrogens is 539 g/mol. The van der Waals surface area contributed by atoms with Crippen LogP contribution in [-0.2, 0) is 17.8 Å². The number of likely N-dealkylation sites (tertiary alicyclic amines) is 1. The van der Waals surface area contributed by atoms with Crippen molar-refractivity contribution in [2.75, 3.05) is 26.3 Å². The number of carbonyl (C=O) groups is 1. The smallest absolute Gasteiger partial charge is 0.335 e. The highest BCUT2D eigenvalue weighted by Crippen LogP contribution is 2.42. The molecular formula is C32H33FN4O5. The fourth-order valence-electron chi connectivity index (χ4n) is 6.24. The monoisotopic (exact) mass is 572 g/mol. The Morgan fingerprint density at radius 2 is 2.14 bits per heavy atom. The van der Waals surface area contributed by atoms with Crippen LogP contribution in [0.4, 0.5) is 4.39 Å². The van der Waals surface area contributed by atoms with E-state index in [-0.39, 0.29) is 35.4 Å². The molecule has 3 aromatic rings. The van der Waals surface area contributed by atoms with Crippen LogP contribution in [-0.4, -0.2) is 62.7 Å². The van der Waals surface area contributed by atoms with Crippen molar-refractivity contribution in [2.45, 2.75) is 45.1 Å². The largest absolute Gasteiger partial charge is 0.486 e. The molecule has 42 heavy (non-hydrogen) atoms. The molecule has 9 nitrogen and oxygen atoms in total. The van der Waals surface area contributed by atoms with Crippen molar-refractivity contribution in [2.24, 2.45) is 11.3 Å². The van der Waals surface area contributed by atoms with Crippen molar-refractivity contribution in [1.29, 1.82) is 5.26 Å². The summed E-state index contributed by atoms with van der Waals surface area (Å²) >= 11 is 0. The van der Waals surface area contributed by atoms with E-state index in [2.05, 4.69) is 24.0 Å². The Kier molecular flexibility index (Phi) is 7.35. The molecule has 1 unspecified atom stereocenters. The van der Waals surface area contributed by atoms with Crippen molar-refractivity contribution in [3.05, 3.63) is 83.0 Å². The summed E-state index contributed by atoms with van der Waals surface area (Å²) in [5, 5.41) is 29.3. The van der Waals surface area contributed by atoms with Gasteiger partial charge in [-0.15, -0.1) is 0 Å². The maximum Gasteiger partial charge on any atom is 0.335 e. The van der Waals surface area contributed by atoms with Crippen molar-refractivity contribution in [3.8, 4) is 11.8 Å². The number of aromatic nitrogens is 2. The lowest BCUT2D eigenvalue weighted by Gasteiger charge is -2.37. The summed E-state index contributed by atoms with van der Waals surface area (Å²) in [5.74, 6) is -1.58. The molecule has 2 fully saturated rings. The van der Waals surface area contributed by atoms with E-state index in [0.29, 0.717) is 36.5 Å². The number of fused-ring (bicyclic) bond motifs is 1. The molecule has 0 saturated carbocycles. The van der Waals surface area contributed by atoms with Gasteiger partial charge in [0.2, 0.25) is 0 Å². The maximum atomic E-state index is 14.3. The molecule has 10 heteroatoms.